The highest BCUT2D eigenvalue weighted by Crippen LogP contribution is 2.59. The lowest BCUT2D eigenvalue weighted by Gasteiger charge is -2.59. The molecule has 0 aromatic heterocycles. The average Bonchev–Trinajstić information content (AvgIpc) is 2.96. The van der Waals surface area contributed by atoms with Crippen molar-refractivity contribution in [1.29, 1.82) is 0 Å². The summed E-state index contributed by atoms with van der Waals surface area (Å²) in [4.78, 5) is 12.3. The summed E-state index contributed by atoms with van der Waals surface area (Å²) in [5.41, 5.74) is 5.00. The summed E-state index contributed by atoms with van der Waals surface area (Å²) >= 11 is 0. The van der Waals surface area contributed by atoms with E-state index in [1.807, 2.05) is 12.1 Å². The summed E-state index contributed by atoms with van der Waals surface area (Å²) < 4.78 is 5.59. The molecule has 27 heavy (non-hydrogen) atoms. The highest BCUT2D eigenvalue weighted by Gasteiger charge is 2.57. The van der Waals surface area contributed by atoms with Gasteiger partial charge in [0.1, 0.15) is 6.61 Å². The minimum Gasteiger partial charge on any atom is -0.449 e. The number of ether oxygens (including phenoxy) is 1. The Hall–Kier alpha value is -2.33. The smallest absolute Gasteiger partial charge is 0.407 e. The van der Waals surface area contributed by atoms with Gasteiger partial charge in [-0.05, 0) is 47.4 Å². The van der Waals surface area contributed by atoms with E-state index < -0.39 is 0 Å². The molecule has 5 rings (SSSR count). The molecule has 0 heterocycles. The average molecular weight is 363 g/mol. The number of fused-ring (bicyclic) bond motifs is 3. The fraction of sp³-hybridized carbons (Fsp3) is 0.435. The first-order valence-corrected chi connectivity index (χ1v) is 9.96. The summed E-state index contributed by atoms with van der Waals surface area (Å²) in [5.74, 6) is 0.480. The number of carbonyl (C=O) groups excluding carboxylic acids is 1. The second-order valence-electron chi connectivity index (χ2n) is 8.24. The second-order valence-corrected chi connectivity index (χ2v) is 8.24. The zero-order valence-corrected chi connectivity index (χ0v) is 15.4. The number of amides is 1. The molecule has 2 N–H and O–H groups in total. The summed E-state index contributed by atoms with van der Waals surface area (Å²) in [7, 11) is 0. The number of rotatable bonds is 4. The van der Waals surface area contributed by atoms with Gasteiger partial charge >= 0.3 is 6.09 Å². The van der Waals surface area contributed by atoms with Crippen molar-refractivity contribution in [3.63, 3.8) is 0 Å². The predicted molar refractivity (Wildman–Crippen MR) is 103 cm³/mol. The van der Waals surface area contributed by atoms with Gasteiger partial charge in [-0.15, -0.1) is 0 Å². The van der Waals surface area contributed by atoms with Crippen LogP contribution >= 0.6 is 0 Å². The Balaban J connectivity index is 1.21. The normalized spacial score (nSPS) is 24.5. The highest BCUT2D eigenvalue weighted by molar-refractivity contribution is 5.79. The maximum Gasteiger partial charge on any atom is 0.407 e. The van der Waals surface area contributed by atoms with Gasteiger partial charge in [0.05, 0.1) is 6.10 Å². The summed E-state index contributed by atoms with van der Waals surface area (Å²) in [5, 5.41) is 13.0. The van der Waals surface area contributed by atoms with E-state index in [2.05, 4.69) is 41.7 Å². The van der Waals surface area contributed by atoms with Crippen LogP contribution in [0.4, 0.5) is 4.79 Å². The fourth-order valence-corrected chi connectivity index (χ4v) is 5.32. The van der Waals surface area contributed by atoms with Crippen molar-refractivity contribution >= 4 is 6.09 Å². The molecule has 3 aliphatic rings. The van der Waals surface area contributed by atoms with Crippen LogP contribution in [-0.2, 0) is 4.74 Å². The molecule has 0 bridgehead atoms. The van der Waals surface area contributed by atoms with Crippen LogP contribution in [-0.4, -0.2) is 30.5 Å². The lowest BCUT2D eigenvalue weighted by atomic mass is 9.48. The molecule has 2 aromatic rings. The Labute approximate surface area is 159 Å². The molecule has 0 aliphatic heterocycles. The molecular weight excluding hydrogens is 338 g/mol. The number of nitrogens with one attached hydrogen (secondary N) is 1. The van der Waals surface area contributed by atoms with Gasteiger partial charge in [-0.1, -0.05) is 55.0 Å². The molecule has 3 aliphatic carbocycles. The van der Waals surface area contributed by atoms with Crippen LogP contribution in [0.25, 0.3) is 11.1 Å². The van der Waals surface area contributed by atoms with Crippen molar-refractivity contribution < 1.29 is 14.6 Å². The van der Waals surface area contributed by atoms with Crippen molar-refractivity contribution in [3.8, 4) is 11.1 Å². The Morgan fingerprint density at radius 2 is 1.70 bits per heavy atom. The van der Waals surface area contributed by atoms with Crippen LogP contribution in [0.5, 0.6) is 0 Å². The van der Waals surface area contributed by atoms with Crippen molar-refractivity contribution in [3.05, 3.63) is 59.7 Å². The van der Waals surface area contributed by atoms with Crippen molar-refractivity contribution in [2.75, 3.05) is 13.2 Å². The largest absolute Gasteiger partial charge is 0.449 e. The monoisotopic (exact) mass is 363 g/mol. The van der Waals surface area contributed by atoms with Crippen molar-refractivity contribution in [1.82, 2.24) is 5.32 Å². The van der Waals surface area contributed by atoms with E-state index in [9.17, 15) is 9.90 Å². The molecule has 1 amide bonds. The Kier molecular flexibility index (Phi) is 3.97. The summed E-state index contributed by atoms with van der Waals surface area (Å²) in [6.07, 6.45) is 3.63. The van der Waals surface area contributed by atoms with Crippen LogP contribution in [0.3, 0.4) is 0 Å². The van der Waals surface area contributed by atoms with Gasteiger partial charge in [-0.3, -0.25) is 0 Å². The van der Waals surface area contributed by atoms with Gasteiger partial charge in [-0.25, -0.2) is 4.79 Å². The van der Waals surface area contributed by atoms with E-state index >= 15 is 0 Å². The summed E-state index contributed by atoms with van der Waals surface area (Å²) in [6.45, 7) is 0.950. The van der Waals surface area contributed by atoms with Gasteiger partial charge in [-0.2, -0.15) is 0 Å². The molecule has 2 atom stereocenters. The minimum absolute atomic E-state index is 0.0800. The Morgan fingerprint density at radius 3 is 2.26 bits per heavy atom. The van der Waals surface area contributed by atoms with Crippen LogP contribution in [0.1, 0.15) is 42.7 Å². The van der Waals surface area contributed by atoms with E-state index in [1.165, 1.54) is 28.7 Å². The Bertz CT molecular complexity index is 828. The predicted octanol–water partition coefficient (Wildman–Crippen LogP) is 4.08. The van der Waals surface area contributed by atoms with Crippen LogP contribution in [0.15, 0.2) is 48.5 Å². The number of carbonyl (C=O) groups is 1. The van der Waals surface area contributed by atoms with Crippen molar-refractivity contribution in [2.24, 2.45) is 11.3 Å². The van der Waals surface area contributed by atoms with Crippen LogP contribution in [0, 0.1) is 11.3 Å². The fourth-order valence-electron chi connectivity index (χ4n) is 5.32. The van der Waals surface area contributed by atoms with E-state index in [0.29, 0.717) is 19.1 Å². The molecule has 4 heteroatoms. The van der Waals surface area contributed by atoms with E-state index in [1.54, 1.807) is 0 Å². The molecule has 0 radical (unpaired) electrons. The quantitative estimate of drug-likeness (QED) is 0.861. The standard InChI is InChI=1S/C23H25NO3/c25-21-12-15(23(21)10-5-11-23)13-24-22(26)27-14-20-18-8-3-1-6-16(18)17-7-2-4-9-19(17)20/h1-4,6-9,15,20-21,25H,5,10-14H2,(H,24,26). The first-order valence-electron chi connectivity index (χ1n) is 9.96. The van der Waals surface area contributed by atoms with Gasteiger partial charge < -0.3 is 15.2 Å². The van der Waals surface area contributed by atoms with Crippen molar-refractivity contribution in [2.45, 2.75) is 37.7 Å². The zero-order chi connectivity index (χ0) is 18.4. The SMILES string of the molecule is O=C(NCC1CC(O)C12CCC2)OCC1c2ccccc2-c2ccccc21. The number of alkyl carbamates (subject to hydrolysis) is 1. The molecule has 2 fully saturated rings. The van der Waals surface area contributed by atoms with Gasteiger partial charge in [0.15, 0.2) is 0 Å². The maximum absolute atomic E-state index is 12.3. The number of aliphatic hydroxyl groups is 1. The van der Waals surface area contributed by atoms with Crippen LogP contribution in [0.2, 0.25) is 0 Å². The van der Waals surface area contributed by atoms with E-state index in [0.717, 1.165) is 19.3 Å². The minimum atomic E-state index is -0.354. The molecule has 0 saturated heterocycles. The second kappa shape index (κ2) is 6.38. The third-order valence-electron chi connectivity index (χ3n) is 7.11. The molecular formula is C23H25NO3. The lowest BCUT2D eigenvalue weighted by Crippen LogP contribution is -2.60. The lowest BCUT2D eigenvalue weighted by molar-refractivity contribution is -0.167. The van der Waals surface area contributed by atoms with Crippen LogP contribution < -0.4 is 5.32 Å². The number of aliphatic hydroxyl groups excluding tert-OH is 1. The van der Waals surface area contributed by atoms with E-state index in [4.69, 9.17) is 4.74 Å². The van der Waals surface area contributed by atoms with E-state index in [-0.39, 0.29) is 23.5 Å². The molecule has 2 unspecified atom stereocenters. The van der Waals surface area contributed by atoms with Gasteiger partial charge in [0.2, 0.25) is 0 Å². The highest BCUT2D eigenvalue weighted by atomic mass is 16.5. The number of benzene rings is 2. The molecule has 140 valence electrons. The molecule has 2 saturated carbocycles. The Morgan fingerprint density at radius 1 is 1.07 bits per heavy atom. The number of hydrogen-bond donors (Lipinski definition) is 2. The van der Waals surface area contributed by atoms with Gasteiger partial charge in [0.25, 0.3) is 0 Å². The topological polar surface area (TPSA) is 58.6 Å². The number of hydrogen-bond acceptors (Lipinski definition) is 3. The first kappa shape index (κ1) is 16.8. The third kappa shape index (κ3) is 2.58. The molecule has 1 spiro atoms. The third-order valence-corrected chi connectivity index (χ3v) is 7.11. The molecule has 2 aromatic carbocycles. The maximum atomic E-state index is 12.3. The molecule has 4 nitrogen and oxygen atoms in total. The zero-order valence-electron chi connectivity index (χ0n) is 15.4. The van der Waals surface area contributed by atoms with Gasteiger partial charge in [0, 0.05) is 17.9 Å². The summed E-state index contributed by atoms with van der Waals surface area (Å²) in [6, 6.07) is 16.7. The first-order chi connectivity index (χ1) is 13.2.